The first-order chi connectivity index (χ1) is 19.7. The van der Waals surface area contributed by atoms with E-state index in [1.54, 1.807) is 19.1 Å². The molecule has 1 atom stereocenters. The van der Waals surface area contributed by atoms with Crippen LogP contribution < -0.4 is 0 Å². The molecule has 40 heavy (non-hydrogen) atoms. The van der Waals surface area contributed by atoms with Crippen molar-refractivity contribution in [2.24, 2.45) is 0 Å². The van der Waals surface area contributed by atoms with Crippen molar-refractivity contribution in [3.05, 3.63) is 161 Å². The Hall–Kier alpha value is -4.60. The number of rotatable bonds is 10. The Balaban J connectivity index is 1.67. The van der Waals surface area contributed by atoms with Crippen LogP contribution in [0.5, 0.6) is 0 Å². The summed E-state index contributed by atoms with van der Waals surface area (Å²) < 4.78 is 7.38. The minimum Gasteiger partial charge on any atom is -0.465 e. The maximum absolute atomic E-state index is 12.3. The second-order valence-corrected chi connectivity index (χ2v) is 10.3. The molecule has 1 aromatic heterocycles. The standard InChI is InChI=1S/C34H29N3O2S/c1-2-39-32(38)24-40-33(27-20-18-26(22-35)19-21-27)31-23-37(25-36-31)34(28-12-6-3-7-13-28,29-14-8-4-9-15-29)30-16-10-5-11-17-30/h3-21,23,25,33H,2,24H2,1H3. The van der Waals surface area contributed by atoms with Gasteiger partial charge in [-0.1, -0.05) is 103 Å². The predicted molar refractivity (Wildman–Crippen MR) is 159 cm³/mol. The number of benzene rings is 4. The molecule has 0 aliphatic heterocycles. The van der Waals surface area contributed by atoms with Crippen molar-refractivity contribution in [1.29, 1.82) is 5.26 Å². The van der Waals surface area contributed by atoms with Crippen molar-refractivity contribution < 1.29 is 9.53 Å². The minimum atomic E-state index is -0.684. The summed E-state index contributed by atoms with van der Waals surface area (Å²) in [5.74, 6) is -0.0789. The molecule has 0 spiro atoms. The fraction of sp³-hybridized carbons (Fsp3) is 0.147. The zero-order chi connectivity index (χ0) is 27.8. The summed E-state index contributed by atoms with van der Waals surface area (Å²) in [6, 6.07) is 40.9. The van der Waals surface area contributed by atoms with Gasteiger partial charge in [-0.15, -0.1) is 11.8 Å². The molecule has 0 fully saturated rings. The van der Waals surface area contributed by atoms with Gasteiger partial charge in [0.1, 0.15) is 5.54 Å². The lowest BCUT2D eigenvalue weighted by Gasteiger charge is -2.37. The highest BCUT2D eigenvalue weighted by Crippen LogP contribution is 2.42. The summed E-state index contributed by atoms with van der Waals surface area (Å²) in [4.78, 5) is 17.2. The molecule has 5 aromatic rings. The molecule has 0 saturated carbocycles. The summed E-state index contributed by atoms with van der Waals surface area (Å²) in [5.41, 5.74) is 4.98. The maximum Gasteiger partial charge on any atom is 0.315 e. The Labute approximate surface area is 239 Å². The number of esters is 1. The molecule has 0 radical (unpaired) electrons. The van der Waals surface area contributed by atoms with E-state index < -0.39 is 5.54 Å². The lowest BCUT2D eigenvalue weighted by Crippen LogP contribution is -2.37. The van der Waals surface area contributed by atoms with E-state index in [9.17, 15) is 10.1 Å². The maximum atomic E-state index is 12.3. The molecule has 0 bridgehead atoms. The predicted octanol–water partition coefficient (Wildman–Crippen LogP) is 6.98. The van der Waals surface area contributed by atoms with Crippen LogP contribution in [-0.4, -0.2) is 27.9 Å². The number of hydrogen-bond acceptors (Lipinski definition) is 5. The highest BCUT2D eigenvalue weighted by Gasteiger charge is 2.38. The van der Waals surface area contributed by atoms with Crippen molar-refractivity contribution in [1.82, 2.24) is 9.55 Å². The number of imidazole rings is 1. The molecular formula is C34H29N3O2S. The third-order valence-corrected chi connectivity index (χ3v) is 8.10. The van der Waals surface area contributed by atoms with Gasteiger partial charge < -0.3 is 9.30 Å². The van der Waals surface area contributed by atoms with Gasteiger partial charge in [0.05, 0.1) is 41.3 Å². The van der Waals surface area contributed by atoms with E-state index in [0.717, 1.165) is 27.9 Å². The first-order valence-corrected chi connectivity index (χ1v) is 14.2. The first-order valence-electron chi connectivity index (χ1n) is 13.1. The highest BCUT2D eigenvalue weighted by molar-refractivity contribution is 8.00. The third-order valence-electron chi connectivity index (χ3n) is 6.85. The molecule has 0 aliphatic rings. The van der Waals surface area contributed by atoms with Crippen LogP contribution in [0.2, 0.25) is 0 Å². The van der Waals surface area contributed by atoms with E-state index >= 15 is 0 Å². The molecule has 0 saturated heterocycles. The van der Waals surface area contributed by atoms with Crippen molar-refractivity contribution >= 4 is 17.7 Å². The van der Waals surface area contributed by atoms with Gasteiger partial charge in [0, 0.05) is 6.20 Å². The van der Waals surface area contributed by atoms with Gasteiger partial charge in [-0.3, -0.25) is 4.79 Å². The van der Waals surface area contributed by atoms with E-state index in [4.69, 9.17) is 9.72 Å². The summed E-state index contributed by atoms with van der Waals surface area (Å²) in [7, 11) is 0. The molecule has 0 amide bonds. The molecule has 6 heteroatoms. The number of nitriles is 1. The number of aromatic nitrogens is 2. The van der Waals surface area contributed by atoms with Crippen molar-refractivity contribution in [2.45, 2.75) is 17.7 Å². The Morgan fingerprint density at radius 1 is 0.875 bits per heavy atom. The van der Waals surface area contributed by atoms with Gasteiger partial charge in [-0.25, -0.2) is 4.98 Å². The van der Waals surface area contributed by atoms with E-state index in [-0.39, 0.29) is 17.0 Å². The van der Waals surface area contributed by atoms with Gasteiger partial charge >= 0.3 is 5.97 Å². The van der Waals surface area contributed by atoms with Gasteiger partial charge in [0.25, 0.3) is 0 Å². The summed E-state index contributed by atoms with van der Waals surface area (Å²) in [6.07, 6.45) is 3.96. The Kier molecular flexibility index (Phi) is 8.44. The van der Waals surface area contributed by atoms with Gasteiger partial charge in [0.2, 0.25) is 0 Å². The van der Waals surface area contributed by atoms with Crippen LogP contribution in [0, 0.1) is 11.3 Å². The summed E-state index contributed by atoms with van der Waals surface area (Å²) in [6.45, 7) is 2.14. The average molecular weight is 544 g/mol. The normalized spacial score (nSPS) is 11.9. The van der Waals surface area contributed by atoms with Crippen molar-refractivity contribution in [2.75, 3.05) is 12.4 Å². The molecule has 0 N–H and O–H groups in total. The number of hydrogen-bond donors (Lipinski definition) is 0. The van der Waals surface area contributed by atoms with Gasteiger partial charge in [0.15, 0.2) is 0 Å². The van der Waals surface area contributed by atoms with E-state index in [2.05, 4.69) is 89.6 Å². The van der Waals surface area contributed by atoms with Crippen LogP contribution in [0.3, 0.4) is 0 Å². The molecular weight excluding hydrogens is 514 g/mol. The quantitative estimate of drug-likeness (QED) is 0.140. The zero-order valence-corrected chi connectivity index (χ0v) is 23.0. The van der Waals surface area contributed by atoms with Crippen LogP contribution in [0.25, 0.3) is 0 Å². The Bertz CT molecular complexity index is 1480. The topological polar surface area (TPSA) is 67.9 Å². The molecule has 0 aliphatic carbocycles. The number of ether oxygens (including phenoxy) is 1. The monoisotopic (exact) mass is 543 g/mol. The van der Waals surface area contributed by atoms with E-state index in [0.29, 0.717) is 12.2 Å². The van der Waals surface area contributed by atoms with Crippen LogP contribution in [-0.2, 0) is 15.1 Å². The third kappa shape index (κ3) is 5.42. The van der Waals surface area contributed by atoms with E-state index in [1.807, 2.05) is 36.7 Å². The van der Waals surface area contributed by atoms with Crippen LogP contribution in [0.1, 0.15) is 45.7 Å². The second kappa shape index (κ2) is 12.5. The molecule has 1 unspecified atom stereocenters. The zero-order valence-electron chi connectivity index (χ0n) is 22.2. The lowest BCUT2D eigenvalue weighted by molar-refractivity contribution is -0.139. The number of carbonyl (C=O) groups excluding carboxylic acids is 1. The van der Waals surface area contributed by atoms with Gasteiger partial charge in [-0.05, 0) is 41.3 Å². The summed E-state index contributed by atoms with van der Waals surface area (Å²) in [5, 5.41) is 9.07. The Morgan fingerprint density at radius 2 is 1.40 bits per heavy atom. The summed E-state index contributed by atoms with van der Waals surface area (Å²) >= 11 is 1.47. The number of thioether (sulfide) groups is 1. The molecule has 5 rings (SSSR count). The Morgan fingerprint density at radius 3 is 1.88 bits per heavy atom. The van der Waals surface area contributed by atoms with Crippen molar-refractivity contribution in [3.63, 3.8) is 0 Å². The largest absolute Gasteiger partial charge is 0.465 e. The van der Waals surface area contributed by atoms with Crippen molar-refractivity contribution in [3.8, 4) is 6.07 Å². The SMILES string of the molecule is CCOC(=O)CSC(c1ccc(C#N)cc1)c1cn(C(c2ccccc2)(c2ccccc2)c2ccccc2)cn1. The highest BCUT2D eigenvalue weighted by atomic mass is 32.2. The van der Waals surface area contributed by atoms with E-state index in [1.165, 1.54) is 11.8 Å². The smallest absolute Gasteiger partial charge is 0.315 e. The molecule has 5 nitrogen and oxygen atoms in total. The molecule has 1 heterocycles. The van der Waals surface area contributed by atoms with Crippen LogP contribution >= 0.6 is 11.8 Å². The van der Waals surface area contributed by atoms with Gasteiger partial charge in [-0.2, -0.15) is 5.26 Å². The number of carbonyl (C=O) groups is 1. The fourth-order valence-corrected chi connectivity index (χ4v) is 6.11. The lowest BCUT2D eigenvalue weighted by atomic mass is 9.77. The van der Waals surface area contributed by atoms with Crippen LogP contribution in [0.4, 0.5) is 0 Å². The number of nitrogens with zero attached hydrogens (tertiary/aromatic N) is 3. The second-order valence-electron chi connectivity index (χ2n) is 9.24. The fourth-order valence-electron chi connectivity index (χ4n) is 5.08. The minimum absolute atomic E-state index is 0.187. The average Bonchev–Trinajstić information content (AvgIpc) is 3.50. The molecule has 4 aromatic carbocycles. The van der Waals surface area contributed by atoms with Crippen LogP contribution in [0.15, 0.2) is 128 Å². The molecule has 198 valence electrons. The first kappa shape index (κ1) is 27.0.